The van der Waals surface area contributed by atoms with Crippen molar-refractivity contribution in [3.8, 4) is 0 Å². The highest BCUT2D eigenvalue weighted by Crippen LogP contribution is 2.28. The summed E-state index contributed by atoms with van der Waals surface area (Å²) in [5.41, 5.74) is 4.30. The van der Waals surface area contributed by atoms with Gasteiger partial charge in [-0.25, -0.2) is 4.98 Å². The summed E-state index contributed by atoms with van der Waals surface area (Å²) in [5.74, 6) is 1.57. The highest BCUT2D eigenvalue weighted by atomic mass is 32.1. The fraction of sp³-hybridized carbons (Fsp3) is 0.438. The number of nitrogens with zero attached hydrogens (tertiary/aromatic N) is 5. The predicted octanol–water partition coefficient (Wildman–Crippen LogP) is 2.87. The van der Waals surface area contributed by atoms with Crippen molar-refractivity contribution < 1.29 is 0 Å². The maximum atomic E-state index is 4.43. The van der Waals surface area contributed by atoms with Crippen molar-refractivity contribution in [3.63, 3.8) is 0 Å². The van der Waals surface area contributed by atoms with Crippen LogP contribution in [0.15, 0.2) is 30.3 Å². The van der Waals surface area contributed by atoms with Crippen molar-refractivity contribution in [2.24, 2.45) is 0 Å². The normalized spacial score (nSPS) is 19.8. The van der Waals surface area contributed by atoms with E-state index in [0.717, 1.165) is 24.4 Å². The molecule has 5 nitrogen and oxygen atoms in total. The molecule has 1 saturated heterocycles. The van der Waals surface area contributed by atoms with E-state index < -0.39 is 0 Å². The number of rotatable bonds is 3. The van der Waals surface area contributed by atoms with Crippen LogP contribution in [0.25, 0.3) is 5.52 Å². The van der Waals surface area contributed by atoms with Crippen molar-refractivity contribution >= 4 is 16.9 Å². The molecule has 1 aliphatic rings. The van der Waals surface area contributed by atoms with Gasteiger partial charge >= 0.3 is 0 Å². The van der Waals surface area contributed by atoms with Crippen LogP contribution in [0, 0.1) is 6.92 Å². The Labute approximate surface area is 133 Å². The standard InChI is InChI=1S/C16H19N5S/c1-12-19-6-14-5-17-8-16(21(12)14)13-3-2-4-20(9-13)10-15-7-18-11-22-15/h5-8,11,13H,2-4,9-10H2,1H3/t13-/m0/s1. The lowest BCUT2D eigenvalue weighted by Crippen LogP contribution is -2.34. The van der Waals surface area contributed by atoms with Crippen LogP contribution in [0.3, 0.4) is 0 Å². The smallest absolute Gasteiger partial charge is 0.110 e. The van der Waals surface area contributed by atoms with Crippen molar-refractivity contribution in [2.45, 2.75) is 32.2 Å². The van der Waals surface area contributed by atoms with Crippen LogP contribution in [0.1, 0.15) is 35.2 Å². The van der Waals surface area contributed by atoms with Crippen LogP contribution in [-0.2, 0) is 6.54 Å². The first-order chi connectivity index (χ1) is 10.8. The Hall–Kier alpha value is -1.79. The second-order valence-corrected chi connectivity index (χ2v) is 6.91. The van der Waals surface area contributed by atoms with E-state index in [2.05, 4.69) is 31.2 Å². The van der Waals surface area contributed by atoms with Crippen molar-refractivity contribution in [3.05, 3.63) is 46.7 Å². The quantitative estimate of drug-likeness (QED) is 0.746. The Kier molecular flexibility index (Phi) is 3.63. The van der Waals surface area contributed by atoms with Gasteiger partial charge in [-0.15, -0.1) is 11.3 Å². The van der Waals surface area contributed by atoms with Gasteiger partial charge in [0.05, 0.1) is 23.4 Å². The Bertz CT molecular complexity index is 764. The summed E-state index contributed by atoms with van der Waals surface area (Å²) in [5, 5.41) is 0. The molecule has 1 atom stereocenters. The monoisotopic (exact) mass is 313 g/mol. The second-order valence-electron chi connectivity index (χ2n) is 5.94. The van der Waals surface area contributed by atoms with Gasteiger partial charge in [0.2, 0.25) is 0 Å². The van der Waals surface area contributed by atoms with Crippen LogP contribution in [0.2, 0.25) is 0 Å². The minimum atomic E-state index is 0.519. The highest BCUT2D eigenvalue weighted by Gasteiger charge is 2.24. The molecule has 0 amide bonds. The lowest BCUT2D eigenvalue weighted by Gasteiger charge is -2.32. The zero-order chi connectivity index (χ0) is 14.9. The lowest BCUT2D eigenvalue weighted by atomic mass is 9.94. The minimum absolute atomic E-state index is 0.519. The van der Waals surface area contributed by atoms with Gasteiger partial charge in [0.15, 0.2) is 0 Å². The topological polar surface area (TPSA) is 46.3 Å². The van der Waals surface area contributed by atoms with Gasteiger partial charge in [-0.1, -0.05) is 0 Å². The summed E-state index contributed by atoms with van der Waals surface area (Å²) < 4.78 is 2.26. The molecule has 0 saturated carbocycles. The molecular formula is C16H19N5S. The van der Waals surface area contributed by atoms with Gasteiger partial charge in [-0.05, 0) is 26.3 Å². The van der Waals surface area contributed by atoms with E-state index in [1.54, 1.807) is 11.3 Å². The van der Waals surface area contributed by atoms with Gasteiger partial charge < -0.3 is 0 Å². The molecule has 6 heteroatoms. The molecule has 0 aromatic carbocycles. The minimum Gasteiger partial charge on any atom is -0.298 e. The molecule has 4 heterocycles. The number of aromatic nitrogens is 4. The van der Waals surface area contributed by atoms with Gasteiger partial charge in [-0.3, -0.25) is 19.3 Å². The van der Waals surface area contributed by atoms with E-state index in [0.29, 0.717) is 5.92 Å². The fourth-order valence-corrected chi connectivity index (χ4v) is 4.04. The van der Waals surface area contributed by atoms with Crippen LogP contribution in [0.5, 0.6) is 0 Å². The SMILES string of the molecule is Cc1ncc2cncc([C@H]3CCCN(Cc4cncs4)C3)n12. The van der Waals surface area contributed by atoms with E-state index in [1.807, 2.05) is 30.3 Å². The van der Waals surface area contributed by atoms with Gasteiger partial charge in [0.1, 0.15) is 5.82 Å². The van der Waals surface area contributed by atoms with Crippen molar-refractivity contribution in [2.75, 3.05) is 13.1 Å². The number of fused-ring (bicyclic) bond motifs is 1. The number of hydrogen-bond acceptors (Lipinski definition) is 5. The molecular weight excluding hydrogens is 294 g/mol. The molecule has 0 radical (unpaired) electrons. The number of likely N-dealkylation sites (tertiary alicyclic amines) is 1. The van der Waals surface area contributed by atoms with Crippen LogP contribution < -0.4 is 0 Å². The molecule has 1 aliphatic heterocycles. The van der Waals surface area contributed by atoms with Gasteiger partial charge in [0.25, 0.3) is 0 Å². The summed E-state index contributed by atoms with van der Waals surface area (Å²) in [6, 6.07) is 0. The predicted molar refractivity (Wildman–Crippen MR) is 87.1 cm³/mol. The van der Waals surface area contributed by atoms with E-state index in [1.165, 1.54) is 30.0 Å². The van der Waals surface area contributed by atoms with Crippen LogP contribution in [0.4, 0.5) is 0 Å². The van der Waals surface area contributed by atoms with E-state index >= 15 is 0 Å². The van der Waals surface area contributed by atoms with E-state index in [-0.39, 0.29) is 0 Å². The third-order valence-corrected chi connectivity index (χ3v) is 5.19. The highest BCUT2D eigenvalue weighted by molar-refractivity contribution is 7.09. The zero-order valence-corrected chi connectivity index (χ0v) is 13.5. The first-order valence-corrected chi connectivity index (χ1v) is 8.57. The molecule has 0 spiro atoms. The number of aryl methyl sites for hydroxylation is 1. The molecule has 114 valence electrons. The fourth-order valence-electron chi connectivity index (χ4n) is 3.41. The first kappa shape index (κ1) is 13.8. The third-order valence-electron chi connectivity index (χ3n) is 4.42. The summed E-state index contributed by atoms with van der Waals surface area (Å²) in [7, 11) is 0. The van der Waals surface area contributed by atoms with Crippen molar-refractivity contribution in [1.29, 1.82) is 0 Å². The van der Waals surface area contributed by atoms with Gasteiger partial charge in [-0.2, -0.15) is 0 Å². The van der Waals surface area contributed by atoms with Crippen molar-refractivity contribution in [1.82, 2.24) is 24.3 Å². The van der Waals surface area contributed by atoms with Gasteiger partial charge in [0, 0.05) is 42.0 Å². The number of imidazole rings is 1. The molecule has 0 unspecified atom stereocenters. The summed E-state index contributed by atoms with van der Waals surface area (Å²) in [6.45, 7) is 5.32. The molecule has 22 heavy (non-hydrogen) atoms. The number of piperidine rings is 1. The van der Waals surface area contributed by atoms with E-state index in [9.17, 15) is 0 Å². The molecule has 3 aromatic rings. The molecule has 4 rings (SSSR count). The molecule has 3 aromatic heterocycles. The summed E-state index contributed by atoms with van der Waals surface area (Å²) in [4.78, 5) is 16.9. The molecule has 0 N–H and O–H groups in total. The first-order valence-electron chi connectivity index (χ1n) is 7.69. The second kappa shape index (κ2) is 5.78. The Balaban J connectivity index is 1.60. The molecule has 1 fully saturated rings. The van der Waals surface area contributed by atoms with Crippen LogP contribution >= 0.6 is 11.3 Å². The maximum absolute atomic E-state index is 4.43. The average molecular weight is 313 g/mol. The lowest BCUT2D eigenvalue weighted by molar-refractivity contribution is 0.199. The summed E-state index contributed by atoms with van der Waals surface area (Å²) >= 11 is 1.74. The Morgan fingerprint density at radius 2 is 2.18 bits per heavy atom. The number of thiazole rings is 1. The Morgan fingerprint density at radius 3 is 3.05 bits per heavy atom. The summed E-state index contributed by atoms with van der Waals surface area (Å²) in [6.07, 6.45) is 10.2. The zero-order valence-electron chi connectivity index (χ0n) is 12.6. The third kappa shape index (κ3) is 2.53. The number of hydrogen-bond donors (Lipinski definition) is 0. The Morgan fingerprint density at radius 1 is 1.23 bits per heavy atom. The van der Waals surface area contributed by atoms with Crippen LogP contribution in [-0.4, -0.2) is 37.3 Å². The molecule has 0 aliphatic carbocycles. The average Bonchev–Trinajstić information content (AvgIpc) is 3.18. The maximum Gasteiger partial charge on any atom is 0.110 e. The molecule has 0 bridgehead atoms. The largest absolute Gasteiger partial charge is 0.298 e. The van der Waals surface area contributed by atoms with E-state index in [4.69, 9.17) is 0 Å².